The first kappa shape index (κ1) is 16.2. The molecule has 0 fully saturated rings. The standard InChI is InChI=1S/C13H8F5NO2S/c14-10-6-5-8(7-11(10)15)19-22(20,21)12-4-2-1-3-9(12)13(16,17)18/h1-7,19H. The van der Waals surface area contributed by atoms with Crippen molar-refractivity contribution in [2.24, 2.45) is 0 Å². The van der Waals surface area contributed by atoms with Crippen molar-refractivity contribution in [1.29, 1.82) is 0 Å². The van der Waals surface area contributed by atoms with Gasteiger partial charge in [-0.15, -0.1) is 0 Å². The average molecular weight is 337 g/mol. The number of anilines is 1. The van der Waals surface area contributed by atoms with E-state index in [1.807, 2.05) is 0 Å². The number of hydrogen-bond acceptors (Lipinski definition) is 2. The van der Waals surface area contributed by atoms with Crippen LogP contribution < -0.4 is 4.72 Å². The van der Waals surface area contributed by atoms with Crippen LogP contribution in [0.3, 0.4) is 0 Å². The van der Waals surface area contributed by atoms with Gasteiger partial charge in [-0.25, -0.2) is 17.2 Å². The zero-order chi connectivity index (χ0) is 16.5. The number of halogens is 5. The monoisotopic (exact) mass is 337 g/mol. The SMILES string of the molecule is O=S(=O)(Nc1ccc(F)c(F)c1)c1ccccc1C(F)(F)F. The highest BCUT2D eigenvalue weighted by Crippen LogP contribution is 2.34. The summed E-state index contributed by atoms with van der Waals surface area (Å²) in [5, 5.41) is 0. The van der Waals surface area contributed by atoms with Gasteiger partial charge in [-0.05, 0) is 24.3 Å². The van der Waals surface area contributed by atoms with Crippen LogP contribution in [0.2, 0.25) is 0 Å². The summed E-state index contributed by atoms with van der Waals surface area (Å²) >= 11 is 0. The molecule has 0 atom stereocenters. The normalized spacial score (nSPS) is 12.2. The summed E-state index contributed by atoms with van der Waals surface area (Å²) in [6.45, 7) is 0. The number of alkyl halides is 3. The van der Waals surface area contributed by atoms with Gasteiger partial charge in [-0.3, -0.25) is 4.72 Å². The molecule has 0 aliphatic rings. The van der Waals surface area contributed by atoms with Crippen LogP contribution in [0.25, 0.3) is 0 Å². The number of rotatable bonds is 3. The second-order valence-corrected chi connectivity index (χ2v) is 5.88. The van der Waals surface area contributed by atoms with Crippen molar-refractivity contribution in [3.05, 3.63) is 59.7 Å². The van der Waals surface area contributed by atoms with Crippen LogP contribution in [-0.2, 0) is 16.2 Å². The molecular formula is C13H8F5NO2S. The van der Waals surface area contributed by atoms with Crippen molar-refractivity contribution in [2.45, 2.75) is 11.1 Å². The van der Waals surface area contributed by atoms with E-state index in [-0.39, 0.29) is 0 Å². The highest BCUT2D eigenvalue weighted by molar-refractivity contribution is 7.92. The molecule has 0 saturated heterocycles. The predicted molar refractivity (Wildman–Crippen MR) is 68.6 cm³/mol. The molecule has 118 valence electrons. The molecule has 0 aromatic heterocycles. The smallest absolute Gasteiger partial charge is 0.280 e. The fraction of sp³-hybridized carbons (Fsp3) is 0.0769. The first-order chi connectivity index (χ1) is 10.1. The largest absolute Gasteiger partial charge is 0.417 e. The minimum Gasteiger partial charge on any atom is -0.280 e. The molecule has 2 aromatic rings. The maximum Gasteiger partial charge on any atom is 0.417 e. The summed E-state index contributed by atoms with van der Waals surface area (Å²) in [4.78, 5) is -1.01. The fourth-order valence-electron chi connectivity index (χ4n) is 1.70. The number of benzene rings is 2. The topological polar surface area (TPSA) is 46.2 Å². The Morgan fingerprint density at radius 3 is 2.14 bits per heavy atom. The van der Waals surface area contributed by atoms with E-state index < -0.39 is 44.0 Å². The Morgan fingerprint density at radius 2 is 1.55 bits per heavy atom. The predicted octanol–water partition coefficient (Wildman–Crippen LogP) is 3.78. The van der Waals surface area contributed by atoms with Crippen molar-refractivity contribution >= 4 is 15.7 Å². The van der Waals surface area contributed by atoms with E-state index in [0.717, 1.165) is 24.3 Å². The molecule has 0 unspecified atom stereocenters. The zero-order valence-corrected chi connectivity index (χ0v) is 11.5. The van der Waals surface area contributed by atoms with Crippen LogP contribution in [0.5, 0.6) is 0 Å². The third-order valence-corrected chi connectivity index (χ3v) is 4.09. The maximum atomic E-state index is 13.0. The van der Waals surface area contributed by atoms with Crippen LogP contribution >= 0.6 is 0 Å². The second-order valence-electron chi connectivity index (χ2n) is 4.23. The van der Waals surface area contributed by atoms with Gasteiger partial charge in [0, 0.05) is 6.07 Å². The van der Waals surface area contributed by atoms with Gasteiger partial charge in [-0.1, -0.05) is 12.1 Å². The molecule has 2 aromatic carbocycles. The first-order valence-electron chi connectivity index (χ1n) is 5.75. The van der Waals surface area contributed by atoms with Gasteiger partial charge in [0.15, 0.2) is 11.6 Å². The molecule has 0 spiro atoms. The van der Waals surface area contributed by atoms with Crippen LogP contribution in [0.4, 0.5) is 27.6 Å². The van der Waals surface area contributed by atoms with Crippen LogP contribution in [0.15, 0.2) is 47.4 Å². The summed E-state index contributed by atoms with van der Waals surface area (Å²) in [5.74, 6) is -2.54. The van der Waals surface area contributed by atoms with E-state index in [1.54, 1.807) is 4.72 Å². The van der Waals surface area contributed by atoms with Gasteiger partial charge < -0.3 is 0 Å². The molecule has 3 nitrogen and oxygen atoms in total. The first-order valence-corrected chi connectivity index (χ1v) is 7.24. The van der Waals surface area contributed by atoms with Gasteiger partial charge in [0.25, 0.3) is 10.0 Å². The van der Waals surface area contributed by atoms with Gasteiger partial charge in [0.1, 0.15) is 0 Å². The highest BCUT2D eigenvalue weighted by atomic mass is 32.2. The molecule has 0 aliphatic carbocycles. The van der Waals surface area contributed by atoms with Crippen molar-refractivity contribution in [3.8, 4) is 0 Å². The molecule has 2 rings (SSSR count). The fourth-order valence-corrected chi connectivity index (χ4v) is 2.98. The van der Waals surface area contributed by atoms with E-state index >= 15 is 0 Å². The Balaban J connectivity index is 2.45. The van der Waals surface area contributed by atoms with E-state index in [1.165, 1.54) is 0 Å². The molecular weight excluding hydrogens is 329 g/mol. The quantitative estimate of drug-likeness (QED) is 0.867. The van der Waals surface area contributed by atoms with Crippen LogP contribution in [0.1, 0.15) is 5.56 Å². The molecule has 0 heterocycles. The lowest BCUT2D eigenvalue weighted by Gasteiger charge is -2.14. The lowest BCUT2D eigenvalue weighted by atomic mass is 10.2. The molecule has 9 heteroatoms. The Hall–Kier alpha value is -2.16. The molecule has 0 bridgehead atoms. The Labute approximate surface area is 122 Å². The van der Waals surface area contributed by atoms with E-state index in [0.29, 0.717) is 18.2 Å². The summed E-state index contributed by atoms with van der Waals surface area (Å²) in [6, 6.07) is 5.62. The number of hydrogen-bond donors (Lipinski definition) is 1. The minimum absolute atomic E-state index is 0.393. The highest BCUT2D eigenvalue weighted by Gasteiger charge is 2.36. The van der Waals surface area contributed by atoms with Crippen LogP contribution in [-0.4, -0.2) is 8.42 Å². The molecule has 0 saturated carbocycles. The van der Waals surface area contributed by atoms with Gasteiger partial charge in [-0.2, -0.15) is 13.2 Å². The summed E-state index contributed by atoms with van der Waals surface area (Å²) in [5.41, 5.74) is -1.75. The minimum atomic E-state index is -4.88. The Kier molecular flexibility index (Phi) is 4.10. The van der Waals surface area contributed by atoms with Gasteiger partial charge in [0.2, 0.25) is 0 Å². The van der Waals surface area contributed by atoms with E-state index in [9.17, 15) is 30.4 Å². The summed E-state index contributed by atoms with van der Waals surface area (Å²) in [7, 11) is -4.62. The zero-order valence-electron chi connectivity index (χ0n) is 10.7. The summed E-state index contributed by atoms with van der Waals surface area (Å²) in [6.07, 6.45) is -4.88. The summed E-state index contributed by atoms with van der Waals surface area (Å²) < 4.78 is 90.2. The second kappa shape index (κ2) is 5.56. The van der Waals surface area contributed by atoms with E-state index in [2.05, 4.69) is 0 Å². The lowest BCUT2D eigenvalue weighted by molar-refractivity contribution is -0.139. The Morgan fingerprint density at radius 1 is 0.909 bits per heavy atom. The molecule has 1 N–H and O–H groups in total. The molecule has 0 radical (unpaired) electrons. The van der Waals surface area contributed by atoms with Crippen molar-refractivity contribution in [3.63, 3.8) is 0 Å². The number of sulfonamides is 1. The van der Waals surface area contributed by atoms with Gasteiger partial charge >= 0.3 is 6.18 Å². The van der Waals surface area contributed by atoms with Crippen LogP contribution in [0, 0.1) is 11.6 Å². The third kappa shape index (κ3) is 3.35. The average Bonchev–Trinajstić information content (AvgIpc) is 2.42. The Bertz CT molecular complexity index is 802. The van der Waals surface area contributed by atoms with Gasteiger partial charge in [0.05, 0.1) is 16.1 Å². The maximum absolute atomic E-state index is 13.0. The third-order valence-electron chi connectivity index (χ3n) is 2.65. The molecule has 0 aliphatic heterocycles. The number of nitrogens with one attached hydrogen (secondary N) is 1. The molecule has 0 amide bonds. The van der Waals surface area contributed by atoms with Crippen molar-refractivity contribution in [1.82, 2.24) is 0 Å². The van der Waals surface area contributed by atoms with Crippen molar-refractivity contribution < 1.29 is 30.4 Å². The lowest BCUT2D eigenvalue weighted by Crippen LogP contribution is -2.19. The van der Waals surface area contributed by atoms with Crippen molar-refractivity contribution in [2.75, 3.05) is 4.72 Å². The van der Waals surface area contributed by atoms with E-state index in [4.69, 9.17) is 0 Å². The molecule has 22 heavy (non-hydrogen) atoms.